The van der Waals surface area contributed by atoms with Gasteiger partial charge in [0.2, 0.25) is 5.91 Å². The van der Waals surface area contributed by atoms with Crippen molar-refractivity contribution in [3.63, 3.8) is 0 Å². The van der Waals surface area contributed by atoms with Crippen LogP contribution in [0.4, 0.5) is 11.4 Å². The highest BCUT2D eigenvalue weighted by Gasteiger charge is 2.21. The van der Waals surface area contributed by atoms with Crippen LogP contribution < -0.4 is 15.0 Å². The number of ether oxygens (including phenoxy) is 1. The van der Waals surface area contributed by atoms with Crippen LogP contribution in [-0.2, 0) is 4.79 Å². The Morgan fingerprint density at radius 3 is 2.45 bits per heavy atom. The van der Waals surface area contributed by atoms with Gasteiger partial charge in [0.05, 0.1) is 18.8 Å². The van der Waals surface area contributed by atoms with E-state index in [1.165, 1.54) is 5.56 Å². The summed E-state index contributed by atoms with van der Waals surface area (Å²) in [6.45, 7) is 11.0. The summed E-state index contributed by atoms with van der Waals surface area (Å²) in [7, 11) is 0. The summed E-state index contributed by atoms with van der Waals surface area (Å²) in [5.74, 6) is 1.42. The molecule has 5 nitrogen and oxygen atoms in total. The summed E-state index contributed by atoms with van der Waals surface area (Å²) >= 11 is 0. The molecule has 1 saturated heterocycles. The fourth-order valence-electron chi connectivity index (χ4n) is 3.80. The van der Waals surface area contributed by atoms with Crippen molar-refractivity contribution in [2.24, 2.45) is 0 Å². The second-order valence-corrected chi connectivity index (χ2v) is 7.61. The van der Waals surface area contributed by atoms with Gasteiger partial charge in [-0.2, -0.15) is 0 Å². The lowest BCUT2D eigenvalue weighted by Gasteiger charge is -2.36. The molecule has 2 aromatic carbocycles. The van der Waals surface area contributed by atoms with E-state index >= 15 is 0 Å². The average Bonchev–Trinajstić information content (AvgIpc) is 2.75. The van der Waals surface area contributed by atoms with Crippen LogP contribution in [0.1, 0.15) is 38.7 Å². The van der Waals surface area contributed by atoms with Gasteiger partial charge in [-0.05, 0) is 43.0 Å². The van der Waals surface area contributed by atoms with Crippen molar-refractivity contribution in [1.29, 1.82) is 0 Å². The Labute approximate surface area is 174 Å². The Morgan fingerprint density at radius 2 is 1.72 bits per heavy atom. The van der Waals surface area contributed by atoms with Crippen LogP contribution >= 0.6 is 0 Å². The van der Waals surface area contributed by atoms with Crippen LogP contribution in [0, 0.1) is 0 Å². The molecule has 1 aliphatic rings. The Balaban J connectivity index is 1.55. The first-order chi connectivity index (χ1) is 14.1. The molecule has 1 fully saturated rings. The first-order valence-electron chi connectivity index (χ1n) is 10.7. The van der Waals surface area contributed by atoms with Gasteiger partial charge in [-0.1, -0.05) is 44.2 Å². The summed E-state index contributed by atoms with van der Waals surface area (Å²) in [5.41, 5.74) is 3.29. The van der Waals surface area contributed by atoms with Crippen molar-refractivity contribution in [3.05, 3.63) is 54.1 Å². The molecule has 1 atom stereocenters. The number of carbonyl (C=O) groups is 1. The van der Waals surface area contributed by atoms with Crippen LogP contribution in [-0.4, -0.2) is 50.1 Å². The molecule has 0 spiro atoms. The molecule has 2 aromatic rings. The van der Waals surface area contributed by atoms with Crippen molar-refractivity contribution < 1.29 is 9.53 Å². The lowest BCUT2D eigenvalue weighted by Crippen LogP contribution is -2.48. The molecule has 1 amide bonds. The molecule has 0 aliphatic carbocycles. The highest BCUT2D eigenvalue weighted by Crippen LogP contribution is 2.29. The number of piperazine rings is 1. The summed E-state index contributed by atoms with van der Waals surface area (Å²) in [6.07, 6.45) is 1.05. The Kier molecular flexibility index (Phi) is 7.53. The lowest BCUT2D eigenvalue weighted by atomic mass is 9.97. The standard InChI is InChI=1S/C24H33N3O2/c1-4-19(3)20-10-6-7-11-21(20)25-24(28)18-26-14-16-27(17-15-26)22-12-8-9-13-23(22)29-5-2/h6-13,19H,4-5,14-18H2,1-3H3,(H,25,28)/t19-/m1/s1. The van der Waals surface area contributed by atoms with Crippen LogP contribution in [0.25, 0.3) is 0 Å². The maximum Gasteiger partial charge on any atom is 0.238 e. The fraction of sp³-hybridized carbons (Fsp3) is 0.458. The number of nitrogens with zero attached hydrogens (tertiary/aromatic N) is 2. The van der Waals surface area contributed by atoms with E-state index in [-0.39, 0.29) is 5.91 Å². The number of anilines is 2. The van der Waals surface area contributed by atoms with E-state index in [0.29, 0.717) is 19.1 Å². The number of hydrogen-bond donors (Lipinski definition) is 1. The minimum Gasteiger partial charge on any atom is -0.492 e. The van der Waals surface area contributed by atoms with Crippen LogP contribution in [0.3, 0.4) is 0 Å². The number of benzene rings is 2. The summed E-state index contributed by atoms with van der Waals surface area (Å²) in [4.78, 5) is 17.2. The molecule has 29 heavy (non-hydrogen) atoms. The summed E-state index contributed by atoms with van der Waals surface area (Å²) in [5, 5.41) is 3.13. The first kappa shape index (κ1) is 21.2. The predicted molar refractivity (Wildman–Crippen MR) is 120 cm³/mol. The smallest absolute Gasteiger partial charge is 0.238 e. The molecule has 0 saturated carbocycles. The second-order valence-electron chi connectivity index (χ2n) is 7.61. The van der Waals surface area contributed by atoms with Gasteiger partial charge in [-0.15, -0.1) is 0 Å². The van der Waals surface area contributed by atoms with E-state index in [0.717, 1.165) is 49.7 Å². The van der Waals surface area contributed by atoms with E-state index in [4.69, 9.17) is 4.74 Å². The van der Waals surface area contributed by atoms with Crippen molar-refractivity contribution in [2.45, 2.75) is 33.1 Å². The quantitative estimate of drug-likeness (QED) is 0.721. The van der Waals surface area contributed by atoms with E-state index in [1.54, 1.807) is 0 Å². The number of carbonyl (C=O) groups excluding carboxylic acids is 1. The fourth-order valence-corrected chi connectivity index (χ4v) is 3.80. The zero-order chi connectivity index (χ0) is 20.6. The zero-order valence-corrected chi connectivity index (χ0v) is 17.9. The molecule has 0 bridgehead atoms. The van der Waals surface area contributed by atoms with Gasteiger partial charge >= 0.3 is 0 Å². The van der Waals surface area contributed by atoms with Crippen LogP contribution in [0.15, 0.2) is 48.5 Å². The SMILES string of the molecule is CCOc1ccccc1N1CCN(CC(=O)Nc2ccccc2[C@H](C)CC)CC1. The number of nitrogens with one attached hydrogen (secondary N) is 1. The third-order valence-electron chi connectivity index (χ3n) is 5.62. The highest BCUT2D eigenvalue weighted by atomic mass is 16.5. The molecule has 1 N–H and O–H groups in total. The van der Waals surface area contributed by atoms with Crippen molar-refractivity contribution in [3.8, 4) is 5.75 Å². The van der Waals surface area contributed by atoms with Crippen LogP contribution in [0.2, 0.25) is 0 Å². The predicted octanol–water partition coefficient (Wildman–Crippen LogP) is 4.36. The summed E-state index contributed by atoms with van der Waals surface area (Å²) < 4.78 is 5.77. The maximum atomic E-state index is 12.6. The molecule has 1 aliphatic heterocycles. The largest absolute Gasteiger partial charge is 0.492 e. The molecule has 5 heteroatoms. The molecule has 156 valence electrons. The average molecular weight is 396 g/mol. The number of para-hydroxylation sites is 3. The maximum absolute atomic E-state index is 12.6. The third-order valence-corrected chi connectivity index (χ3v) is 5.62. The Morgan fingerprint density at radius 1 is 1.03 bits per heavy atom. The van der Waals surface area contributed by atoms with Crippen molar-refractivity contribution in [1.82, 2.24) is 4.90 Å². The minimum atomic E-state index is 0.0592. The van der Waals surface area contributed by atoms with Gasteiger partial charge in [0.1, 0.15) is 5.75 Å². The number of hydrogen-bond acceptors (Lipinski definition) is 4. The molecule has 0 aromatic heterocycles. The van der Waals surface area contributed by atoms with Gasteiger partial charge in [-0.3, -0.25) is 9.69 Å². The van der Waals surface area contributed by atoms with Gasteiger partial charge in [0, 0.05) is 31.9 Å². The first-order valence-corrected chi connectivity index (χ1v) is 10.7. The monoisotopic (exact) mass is 395 g/mol. The van der Waals surface area contributed by atoms with Crippen molar-refractivity contribution in [2.75, 3.05) is 49.5 Å². The number of amides is 1. The lowest BCUT2D eigenvalue weighted by molar-refractivity contribution is -0.117. The molecule has 0 radical (unpaired) electrons. The van der Waals surface area contributed by atoms with Gasteiger partial charge < -0.3 is 15.0 Å². The molecule has 1 heterocycles. The molecular formula is C24H33N3O2. The Hall–Kier alpha value is -2.53. The van der Waals surface area contributed by atoms with E-state index < -0.39 is 0 Å². The van der Waals surface area contributed by atoms with E-state index in [2.05, 4.69) is 41.1 Å². The topological polar surface area (TPSA) is 44.8 Å². The normalized spacial score (nSPS) is 15.8. The van der Waals surface area contributed by atoms with E-state index in [9.17, 15) is 4.79 Å². The second kappa shape index (κ2) is 10.3. The van der Waals surface area contributed by atoms with Gasteiger partial charge in [0.15, 0.2) is 0 Å². The summed E-state index contributed by atoms with van der Waals surface area (Å²) in [6, 6.07) is 16.3. The van der Waals surface area contributed by atoms with E-state index in [1.807, 2.05) is 43.3 Å². The van der Waals surface area contributed by atoms with Crippen molar-refractivity contribution >= 4 is 17.3 Å². The van der Waals surface area contributed by atoms with Crippen LogP contribution in [0.5, 0.6) is 5.75 Å². The minimum absolute atomic E-state index is 0.0592. The number of rotatable bonds is 8. The zero-order valence-electron chi connectivity index (χ0n) is 17.9. The third kappa shape index (κ3) is 5.51. The van der Waals surface area contributed by atoms with Gasteiger partial charge in [0.25, 0.3) is 0 Å². The highest BCUT2D eigenvalue weighted by molar-refractivity contribution is 5.93. The molecule has 3 rings (SSSR count). The Bertz CT molecular complexity index is 800. The van der Waals surface area contributed by atoms with Gasteiger partial charge in [-0.25, -0.2) is 0 Å². The molecular weight excluding hydrogens is 362 g/mol. The molecule has 0 unspecified atom stereocenters.